The van der Waals surface area contributed by atoms with Crippen LogP contribution in [0.1, 0.15) is 33.3 Å². The zero-order valence-electron chi connectivity index (χ0n) is 16.4. The SMILES string of the molecule is C/C(=N\OCC(=O)OOC(C)(C)C)c1ccccc1N(C)c1ccccc1. The Hall–Kier alpha value is -2.86. The predicted molar refractivity (Wildman–Crippen MR) is 106 cm³/mol. The van der Waals surface area contributed by atoms with Crippen molar-refractivity contribution in [2.45, 2.75) is 33.3 Å². The van der Waals surface area contributed by atoms with E-state index in [1.807, 2.05) is 68.6 Å². The summed E-state index contributed by atoms with van der Waals surface area (Å²) in [4.78, 5) is 28.4. The van der Waals surface area contributed by atoms with E-state index in [4.69, 9.17) is 9.73 Å². The fourth-order valence-corrected chi connectivity index (χ4v) is 2.29. The Kier molecular flexibility index (Phi) is 6.96. The highest BCUT2D eigenvalue weighted by molar-refractivity contribution is 6.04. The molecule has 27 heavy (non-hydrogen) atoms. The molecule has 0 aromatic heterocycles. The van der Waals surface area contributed by atoms with Gasteiger partial charge < -0.3 is 9.74 Å². The lowest BCUT2D eigenvalue weighted by molar-refractivity contribution is -0.322. The number of oxime groups is 1. The second-order valence-corrected chi connectivity index (χ2v) is 7.01. The summed E-state index contributed by atoms with van der Waals surface area (Å²) in [6.07, 6.45) is 0. The van der Waals surface area contributed by atoms with Crippen LogP contribution in [-0.2, 0) is 19.4 Å². The summed E-state index contributed by atoms with van der Waals surface area (Å²) in [5.74, 6) is -0.642. The van der Waals surface area contributed by atoms with Crippen molar-refractivity contribution in [2.24, 2.45) is 5.16 Å². The Morgan fingerprint density at radius 1 is 1.04 bits per heavy atom. The number of hydrogen-bond acceptors (Lipinski definition) is 6. The van der Waals surface area contributed by atoms with Crippen LogP contribution in [0.5, 0.6) is 0 Å². The van der Waals surface area contributed by atoms with Crippen molar-refractivity contribution >= 4 is 23.1 Å². The molecule has 6 heteroatoms. The smallest absolute Gasteiger partial charge is 0.382 e. The highest BCUT2D eigenvalue weighted by atomic mass is 17.2. The molecule has 0 saturated carbocycles. The summed E-state index contributed by atoms with van der Waals surface area (Å²) in [6, 6.07) is 17.9. The van der Waals surface area contributed by atoms with Gasteiger partial charge in [0, 0.05) is 18.3 Å². The monoisotopic (exact) mass is 370 g/mol. The molecule has 0 unspecified atom stereocenters. The fourth-order valence-electron chi connectivity index (χ4n) is 2.29. The van der Waals surface area contributed by atoms with Gasteiger partial charge in [-0.3, -0.25) is 4.89 Å². The molecule has 2 aromatic rings. The predicted octanol–water partition coefficient (Wildman–Crippen LogP) is 4.47. The van der Waals surface area contributed by atoms with Crippen LogP contribution in [0.15, 0.2) is 59.8 Å². The van der Waals surface area contributed by atoms with E-state index < -0.39 is 11.6 Å². The molecule has 0 spiro atoms. The van der Waals surface area contributed by atoms with Gasteiger partial charge in [0.25, 0.3) is 0 Å². The number of anilines is 2. The normalized spacial score (nSPS) is 11.8. The van der Waals surface area contributed by atoms with E-state index in [1.165, 1.54) is 0 Å². The van der Waals surface area contributed by atoms with Crippen LogP contribution >= 0.6 is 0 Å². The lowest BCUT2D eigenvalue weighted by atomic mass is 10.1. The maximum Gasteiger partial charge on any atom is 0.382 e. The molecule has 0 heterocycles. The molecule has 0 amide bonds. The summed E-state index contributed by atoms with van der Waals surface area (Å²) in [6.45, 7) is 6.84. The van der Waals surface area contributed by atoms with E-state index in [1.54, 1.807) is 20.8 Å². The number of carbonyl (C=O) groups is 1. The molecule has 0 aliphatic rings. The van der Waals surface area contributed by atoms with Crippen molar-refractivity contribution in [1.82, 2.24) is 0 Å². The number of rotatable bonds is 7. The maximum atomic E-state index is 11.6. The van der Waals surface area contributed by atoms with Crippen molar-refractivity contribution in [3.63, 3.8) is 0 Å². The largest absolute Gasteiger partial charge is 0.383 e. The standard InChI is InChI=1S/C21H26N2O4/c1-16(22-25-15-20(24)26-27-21(2,3)4)18-13-9-10-14-19(18)23(5)17-11-7-6-8-12-17/h6-14H,15H2,1-5H3/b22-16+. The van der Waals surface area contributed by atoms with Crippen molar-refractivity contribution in [3.8, 4) is 0 Å². The van der Waals surface area contributed by atoms with Gasteiger partial charge in [0.1, 0.15) is 5.60 Å². The van der Waals surface area contributed by atoms with Gasteiger partial charge in [0.2, 0.25) is 6.61 Å². The molecule has 0 aliphatic carbocycles. The molecule has 0 atom stereocenters. The highest BCUT2D eigenvalue weighted by Crippen LogP contribution is 2.27. The molecule has 0 bridgehead atoms. The van der Waals surface area contributed by atoms with Crippen molar-refractivity contribution < 1.29 is 19.4 Å². The molecule has 0 radical (unpaired) electrons. The maximum absolute atomic E-state index is 11.6. The third kappa shape index (κ3) is 6.42. The van der Waals surface area contributed by atoms with E-state index in [0.717, 1.165) is 16.9 Å². The number of para-hydroxylation sites is 2. The molecule has 2 aromatic carbocycles. The summed E-state index contributed by atoms with van der Waals surface area (Å²) in [5.41, 5.74) is 3.02. The quantitative estimate of drug-likeness (QED) is 0.409. The zero-order valence-corrected chi connectivity index (χ0v) is 16.4. The van der Waals surface area contributed by atoms with E-state index >= 15 is 0 Å². The minimum absolute atomic E-state index is 0.329. The Bertz CT molecular complexity index is 782. The zero-order chi connectivity index (χ0) is 19.9. The molecule has 144 valence electrons. The fraction of sp³-hybridized carbons (Fsp3) is 0.333. The molecule has 2 rings (SSSR count). The Labute approximate surface area is 160 Å². The molecular formula is C21H26N2O4. The highest BCUT2D eigenvalue weighted by Gasteiger charge is 2.16. The first kappa shape index (κ1) is 20.5. The topological polar surface area (TPSA) is 60.4 Å². The van der Waals surface area contributed by atoms with Gasteiger partial charge in [-0.15, -0.1) is 0 Å². The second-order valence-electron chi connectivity index (χ2n) is 7.01. The molecule has 0 saturated heterocycles. The lowest BCUT2D eigenvalue weighted by Crippen LogP contribution is -2.23. The van der Waals surface area contributed by atoms with E-state index in [2.05, 4.69) is 14.9 Å². The van der Waals surface area contributed by atoms with Crippen molar-refractivity contribution in [1.29, 1.82) is 0 Å². The molecule has 0 N–H and O–H groups in total. The number of hydrogen-bond donors (Lipinski definition) is 0. The van der Waals surface area contributed by atoms with E-state index in [0.29, 0.717) is 5.71 Å². The minimum atomic E-state index is -0.642. The first-order chi connectivity index (χ1) is 12.8. The van der Waals surface area contributed by atoms with Gasteiger partial charge >= 0.3 is 5.97 Å². The second kappa shape index (κ2) is 9.19. The summed E-state index contributed by atoms with van der Waals surface area (Å²) in [5, 5.41) is 4.05. The van der Waals surface area contributed by atoms with Gasteiger partial charge in [0.05, 0.1) is 11.4 Å². The average molecular weight is 370 g/mol. The van der Waals surface area contributed by atoms with Gasteiger partial charge in [-0.25, -0.2) is 4.79 Å². The summed E-state index contributed by atoms with van der Waals surface area (Å²) < 4.78 is 0. The first-order valence-corrected chi connectivity index (χ1v) is 8.71. The Morgan fingerprint density at radius 2 is 1.67 bits per heavy atom. The van der Waals surface area contributed by atoms with Crippen LogP contribution < -0.4 is 4.90 Å². The first-order valence-electron chi connectivity index (χ1n) is 8.71. The van der Waals surface area contributed by atoms with E-state index in [-0.39, 0.29) is 6.61 Å². The number of benzene rings is 2. The number of nitrogens with zero attached hydrogens (tertiary/aromatic N) is 2. The van der Waals surface area contributed by atoms with Crippen LogP contribution in [0.4, 0.5) is 11.4 Å². The molecule has 0 aliphatic heterocycles. The molecule has 6 nitrogen and oxygen atoms in total. The summed E-state index contributed by atoms with van der Waals surface area (Å²) in [7, 11) is 1.99. The Balaban J connectivity index is 2.05. The van der Waals surface area contributed by atoms with Crippen molar-refractivity contribution in [2.75, 3.05) is 18.6 Å². The van der Waals surface area contributed by atoms with Crippen LogP contribution in [0.3, 0.4) is 0 Å². The lowest BCUT2D eigenvalue weighted by Gasteiger charge is -2.22. The third-order valence-corrected chi connectivity index (χ3v) is 3.57. The van der Waals surface area contributed by atoms with Crippen LogP contribution in [-0.4, -0.2) is 30.9 Å². The molecular weight excluding hydrogens is 344 g/mol. The third-order valence-electron chi connectivity index (χ3n) is 3.57. The summed E-state index contributed by atoms with van der Waals surface area (Å²) >= 11 is 0. The van der Waals surface area contributed by atoms with Gasteiger partial charge in [-0.05, 0) is 45.9 Å². The minimum Gasteiger partial charge on any atom is -0.383 e. The van der Waals surface area contributed by atoms with Gasteiger partial charge in [-0.2, -0.15) is 4.89 Å². The average Bonchev–Trinajstić information content (AvgIpc) is 2.66. The van der Waals surface area contributed by atoms with Crippen LogP contribution in [0.2, 0.25) is 0 Å². The van der Waals surface area contributed by atoms with Crippen LogP contribution in [0.25, 0.3) is 0 Å². The van der Waals surface area contributed by atoms with E-state index in [9.17, 15) is 4.79 Å². The molecule has 0 fully saturated rings. The van der Waals surface area contributed by atoms with Crippen LogP contribution in [0, 0.1) is 0 Å². The Morgan fingerprint density at radius 3 is 2.33 bits per heavy atom. The van der Waals surface area contributed by atoms with Gasteiger partial charge in [-0.1, -0.05) is 41.6 Å². The van der Waals surface area contributed by atoms with Crippen molar-refractivity contribution in [3.05, 3.63) is 60.2 Å². The van der Waals surface area contributed by atoms with Gasteiger partial charge in [0.15, 0.2) is 0 Å². The number of carbonyl (C=O) groups excluding carboxylic acids is 1.